The fraction of sp³-hybridized carbons (Fsp3) is 0.333. The van der Waals surface area contributed by atoms with E-state index in [0.717, 1.165) is 12.1 Å². The van der Waals surface area contributed by atoms with Crippen molar-refractivity contribution in [3.05, 3.63) is 46.8 Å². The summed E-state index contributed by atoms with van der Waals surface area (Å²) in [5.74, 6) is 0. The Hall–Kier alpha value is -2.37. The molecule has 122 valence electrons. The van der Waals surface area contributed by atoms with Crippen LogP contribution in [0.5, 0.6) is 0 Å². The molecule has 0 spiro atoms. The first-order valence-electron chi connectivity index (χ1n) is 6.81. The predicted octanol–water partition coefficient (Wildman–Crippen LogP) is -0.322. The monoisotopic (exact) mass is 338 g/mol. The molecule has 1 aromatic carbocycles. The highest BCUT2D eigenvalue weighted by atomic mass is 32.2. The number of non-ortho nitro benzene ring substituents is 1. The molecule has 1 saturated heterocycles. The topological polar surface area (TPSA) is 132 Å². The van der Waals surface area contributed by atoms with Gasteiger partial charge in [-0.25, -0.2) is 17.8 Å². The summed E-state index contributed by atoms with van der Waals surface area (Å²) in [6, 6.07) is 4.18. The Morgan fingerprint density at radius 2 is 2.04 bits per heavy atom. The molecule has 3 rings (SSSR count). The molecule has 1 aromatic heterocycles. The van der Waals surface area contributed by atoms with Crippen molar-refractivity contribution in [3.63, 3.8) is 0 Å². The highest BCUT2D eigenvalue weighted by Crippen LogP contribution is 2.19. The smallest absolute Gasteiger partial charge is 0.269 e. The van der Waals surface area contributed by atoms with Crippen LogP contribution in [0.1, 0.15) is 6.04 Å². The second kappa shape index (κ2) is 6.02. The van der Waals surface area contributed by atoms with E-state index >= 15 is 0 Å². The van der Waals surface area contributed by atoms with Crippen molar-refractivity contribution in [2.75, 3.05) is 13.1 Å². The number of nitrogens with one attached hydrogen (secondary N) is 2. The molecule has 2 heterocycles. The van der Waals surface area contributed by atoms with E-state index in [4.69, 9.17) is 0 Å². The molecular weight excluding hydrogens is 324 g/mol. The lowest BCUT2D eigenvalue weighted by Crippen LogP contribution is -2.41. The molecule has 0 amide bonds. The van der Waals surface area contributed by atoms with Crippen molar-refractivity contribution in [1.82, 2.24) is 25.0 Å². The van der Waals surface area contributed by atoms with Gasteiger partial charge >= 0.3 is 0 Å². The summed E-state index contributed by atoms with van der Waals surface area (Å²) in [5, 5.41) is 21.4. The summed E-state index contributed by atoms with van der Waals surface area (Å²) in [5.41, 5.74) is -0.160. The summed E-state index contributed by atoms with van der Waals surface area (Å²) in [6.07, 6.45) is 3.20. The lowest BCUT2D eigenvalue weighted by Gasteiger charge is -2.19. The fourth-order valence-corrected chi connectivity index (χ4v) is 3.74. The van der Waals surface area contributed by atoms with Gasteiger partial charge in [0.25, 0.3) is 5.69 Å². The second-order valence-corrected chi connectivity index (χ2v) is 6.80. The first kappa shape index (κ1) is 15.5. The SMILES string of the molecule is O=[N+]([O-])c1ccc(S(=O)(=O)N[C@H]2CNC[C@H]2n2ccnn2)cc1. The molecule has 1 aliphatic heterocycles. The Kier molecular flexibility index (Phi) is 4.07. The zero-order valence-corrected chi connectivity index (χ0v) is 12.7. The van der Waals surface area contributed by atoms with Gasteiger partial charge in [-0.1, -0.05) is 5.21 Å². The fourth-order valence-electron chi connectivity index (χ4n) is 2.47. The summed E-state index contributed by atoms with van der Waals surface area (Å²) < 4.78 is 29.1. The average Bonchev–Trinajstić information content (AvgIpc) is 3.17. The molecule has 2 N–H and O–H groups in total. The van der Waals surface area contributed by atoms with E-state index in [1.54, 1.807) is 10.9 Å². The Labute approximate surface area is 131 Å². The number of nitro groups is 1. The predicted molar refractivity (Wildman–Crippen MR) is 79.1 cm³/mol. The minimum Gasteiger partial charge on any atom is -0.313 e. The van der Waals surface area contributed by atoms with Crippen molar-refractivity contribution in [3.8, 4) is 0 Å². The number of benzene rings is 1. The number of rotatable bonds is 5. The van der Waals surface area contributed by atoms with Crippen LogP contribution in [0, 0.1) is 10.1 Å². The number of nitro benzene ring substituents is 1. The van der Waals surface area contributed by atoms with E-state index in [0.29, 0.717) is 13.1 Å². The molecule has 0 radical (unpaired) electrons. The van der Waals surface area contributed by atoms with Gasteiger partial charge in [-0.05, 0) is 12.1 Å². The third kappa shape index (κ3) is 3.21. The molecular formula is C12H14N6O4S. The van der Waals surface area contributed by atoms with E-state index in [-0.39, 0.29) is 16.6 Å². The first-order chi connectivity index (χ1) is 11.0. The van der Waals surface area contributed by atoms with Gasteiger partial charge in [0.15, 0.2) is 0 Å². The summed E-state index contributed by atoms with van der Waals surface area (Å²) >= 11 is 0. The molecule has 11 heteroatoms. The summed E-state index contributed by atoms with van der Waals surface area (Å²) in [7, 11) is -3.78. The van der Waals surface area contributed by atoms with Crippen LogP contribution in [0.4, 0.5) is 5.69 Å². The molecule has 0 bridgehead atoms. The normalized spacial score (nSPS) is 21.4. The van der Waals surface area contributed by atoms with E-state index in [1.165, 1.54) is 18.3 Å². The molecule has 0 unspecified atom stereocenters. The maximum absolute atomic E-state index is 12.4. The van der Waals surface area contributed by atoms with Crippen molar-refractivity contribution < 1.29 is 13.3 Å². The average molecular weight is 338 g/mol. The summed E-state index contributed by atoms with van der Waals surface area (Å²) in [6.45, 7) is 1.02. The highest BCUT2D eigenvalue weighted by Gasteiger charge is 2.33. The van der Waals surface area contributed by atoms with Gasteiger partial charge in [0.1, 0.15) is 0 Å². The van der Waals surface area contributed by atoms with E-state index in [9.17, 15) is 18.5 Å². The minimum absolute atomic E-state index is 0.0210. The summed E-state index contributed by atoms with van der Waals surface area (Å²) in [4.78, 5) is 10.0. The van der Waals surface area contributed by atoms with Gasteiger partial charge in [0.05, 0.1) is 28.1 Å². The molecule has 10 nitrogen and oxygen atoms in total. The van der Waals surface area contributed by atoms with Crippen LogP contribution < -0.4 is 10.0 Å². The molecule has 1 aliphatic rings. The van der Waals surface area contributed by atoms with Crippen molar-refractivity contribution in [1.29, 1.82) is 0 Å². The van der Waals surface area contributed by atoms with Gasteiger partial charge in [-0.15, -0.1) is 5.10 Å². The maximum atomic E-state index is 12.4. The van der Waals surface area contributed by atoms with Crippen LogP contribution in [0.2, 0.25) is 0 Å². The minimum atomic E-state index is -3.78. The number of sulfonamides is 1. The van der Waals surface area contributed by atoms with Crippen LogP contribution in [0.15, 0.2) is 41.6 Å². The van der Waals surface area contributed by atoms with Crippen molar-refractivity contribution in [2.24, 2.45) is 0 Å². The molecule has 0 aliphatic carbocycles. The Balaban J connectivity index is 1.79. The standard InChI is InChI=1S/C12H14N6O4S/c19-18(20)9-1-3-10(4-2-9)23(21,22)15-11-7-13-8-12(11)17-6-5-14-16-17/h1-6,11-13,15H,7-8H2/t11-,12+/m0/s1. The van der Waals surface area contributed by atoms with Crippen LogP contribution in [-0.4, -0.2) is 47.5 Å². The Bertz CT molecular complexity index is 789. The lowest BCUT2D eigenvalue weighted by molar-refractivity contribution is -0.384. The Morgan fingerprint density at radius 3 is 2.65 bits per heavy atom. The molecule has 2 atom stereocenters. The zero-order valence-electron chi connectivity index (χ0n) is 11.9. The molecule has 1 fully saturated rings. The van der Waals surface area contributed by atoms with Gasteiger partial charge < -0.3 is 5.32 Å². The third-order valence-electron chi connectivity index (χ3n) is 3.63. The molecule has 2 aromatic rings. The number of aromatic nitrogens is 3. The largest absolute Gasteiger partial charge is 0.313 e. The van der Waals surface area contributed by atoms with Crippen LogP contribution >= 0.6 is 0 Å². The van der Waals surface area contributed by atoms with E-state index < -0.39 is 21.0 Å². The molecule has 0 saturated carbocycles. The maximum Gasteiger partial charge on any atom is 0.269 e. The van der Waals surface area contributed by atoms with Gasteiger partial charge in [-0.2, -0.15) is 0 Å². The number of nitrogens with zero attached hydrogens (tertiary/aromatic N) is 4. The Morgan fingerprint density at radius 1 is 1.30 bits per heavy atom. The zero-order chi connectivity index (χ0) is 16.4. The quantitative estimate of drug-likeness (QED) is 0.564. The van der Waals surface area contributed by atoms with Crippen molar-refractivity contribution in [2.45, 2.75) is 17.0 Å². The lowest BCUT2D eigenvalue weighted by atomic mass is 10.2. The third-order valence-corrected chi connectivity index (χ3v) is 5.13. The van der Waals surface area contributed by atoms with E-state index in [1.807, 2.05) is 0 Å². The van der Waals surface area contributed by atoms with Gasteiger partial charge in [0.2, 0.25) is 10.0 Å². The van der Waals surface area contributed by atoms with Crippen molar-refractivity contribution >= 4 is 15.7 Å². The number of hydrogen-bond acceptors (Lipinski definition) is 7. The van der Waals surface area contributed by atoms with E-state index in [2.05, 4.69) is 20.4 Å². The van der Waals surface area contributed by atoms with Crippen LogP contribution in [-0.2, 0) is 10.0 Å². The first-order valence-corrected chi connectivity index (χ1v) is 8.29. The highest BCUT2D eigenvalue weighted by molar-refractivity contribution is 7.89. The number of hydrogen-bond donors (Lipinski definition) is 2. The van der Waals surface area contributed by atoms with Gasteiger partial charge in [-0.3, -0.25) is 10.1 Å². The molecule has 23 heavy (non-hydrogen) atoms. The van der Waals surface area contributed by atoms with Crippen LogP contribution in [0.3, 0.4) is 0 Å². The van der Waals surface area contributed by atoms with Gasteiger partial charge in [0, 0.05) is 31.4 Å². The van der Waals surface area contributed by atoms with Crippen LogP contribution in [0.25, 0.3) is 0 Å². The second-order valence-electron chi connectivity index (χ2n) is 5.09.